The molecule has 26 heavy (non-hydrogen) atoms. The van der Waals surface area contributed by atoms with Gasteiger partial charge < -0.3 is 20.1 Å². The van der Waals surface area contributed by atoms with E-state index in [0.29, 0.717) is 25.0 Å². The summed E-state index contributed by atoms with van der Waals surface area (Å²) < 4.78 is 11.1. The summed E-state index contributed by atoms with van der Waals surface area (Å²) in [7, 11) is 0. The Morgan fingerprint density at radius 2 is 1.62 bits per heavy atom. The number of hydrogen-bond acceptors (Lipinski definition) is 7. The lowest BCUT2D eigenvalue weighted by Crippen LogP contribution is -2.15. The van der Waals surface area contributed by atoms with Crippen molar-refractivity contribution in [3.05, 3.63) is 53.7 Å². The molecule has 2 N–H and O–H groups in total. The Morgan fingerprint density at radius 3 is 2.42 bits per heavy atom. The van der Waals surface area contributed by atoms with Crippen molar-refractivity contribution in [1.29, 1.82) is 0 Å². The van der Waals surface area contributed by atoms with Gasteiger partial charge in [0, 0.05) is 17.4 Å². The number of anilines is 4. The van der Waals surface area contributed by atoms with Gasteiger partial charge in [0.2, 0.25) is 5.95 Å². The third-order valence-electron chi connectivity index (χ3n) is 3.85. The van der Waals surface area contributed by atoms with E-state index in [9.17, 15) is 0 Å². The number of rotatable bonds is 4. The second-order valence-corrected chi connectivity index (χ2v) is 6.15. The van der Waals surface area contributed by atoms with E-state index in [-0.39, 0.29) is 0 Å². The molecule has 132 valence electrons. The fraction of sp³-hybridized carbons (Fsp3) is 0.211. The van der Waals surface area contributed by atoms with Gasteiger partial charge in [-0.3, -0.25) is 0 Å². The maximum absolute atomic E-state index is 5.60. The predicted molar refractivity (Wildman–Crippen MR) is 99.7 cm³/mol. The van der Waals surface area contributed by atoms with E-state index < -0.39 is 0 Å². The molecule has 0 saturated heterocycles. The van der Waals surface area contributed by atoms with Gasteiger partial charge in [-0.05, 0) is 49.2 Å². The molecule has 0 radical (unpaired) electrons. The molecule has 2 heterocycles. The number of aromatic nitrogens is 3. The number of nitrogens with one attached hydrogen (secondary N) is 2. The zero-order valence-corrected chi connectivity index (χ0v) is 14.6. The van der Waals surface area contributed by atoms with Crippen molar-refractivity contribution < 1.29 is 9.47 Å². The predicted octanol–water partition coefficient (Wildman–Crippen LogP) is 3.75. The summed E-state index contributed by atoms with van der Waals surface area (Å²) in [5, 5.41) is 14.5. The van der Waals surface area contributed by atoms with Crippen molar-refractivity contribution >= 4 is 23.1 Å². The second-order valence-electron chi connectivity index (χ2n) is 6.15. The van der Waals surface area contributed by atoms with E-state index in [1.807, 2.05) is 30.3 Å². The molecule has 2 aromatic carbocycles. The van der Waals surface area contributed by atoms with Gasteiger partial charge in [0.05, 0.1) is 6.20 Å². The zero-order valence-electron chi connectivity index (χ0n) is 14.6. The number of hydrogen-bond donors (Lipinski definition) is 2. The molecule has 0 bridgehead atoms. The number of benzene rings is 2. The minimum absolute atomic E-state index is 0.428. The highest BCUT2D eigenvalue weighted by molar-refractivity contribution is 5.62. The lowest BCUT2D eigenvalue weighted by molar-refractivity contribution is 0.171. The van der Waals surface area contributed by atoms with Crippen LogP contribution in [0.2, 0.25) is 0 Å². The first kappa shape index (κ1) is 16.1. The highest BCUT2D eigenvalue weighted by Crippen LogP contribution is 2.33. The maximum Gasteiger partial charge on any atom is 0.249 e. The number of aryl methyl sites for hydroxylation is 2. The molecule has 0 spiro atoms. The van der Waals surface area contributed by atoms with Gasteiger partial charge in [-0.15, -0.1) is 5.10 Å². The minimum atomic E-state index is 0.428. The van der Waals surface area contributed by atoms with Gasteiger partial charge in [-0.25, -0.2) is 0 Å². The minimum Gasteiger partial charge on any atom is -0.486 e. The lowest BCUT2D eigenvalue weighted by Gasteiger charge is -2.19. The molecule has 1 aromatic heterocycles. The molecule has 0 aliphatic carbocycles. The molecule has 0 saturated carbocycles. The Bertz CT molecular complexity index is 925. The molecule has 0 atom stereocenters. The van der Waals surface area contributed by atoms with Gasteiger partial charge in [0.15, 0.2) is 17.3 Å². The fourth-order valence-electron chi connectivity index (χ4n) is 2.86. The van der Waals surface area contributed by atoms with Crippen LogP contribution in [0.1, 0.15) is 11.1 Å². The Labute approximate surface area is 151 Å². The number of ether oxygens (including phenoxy) is 2. The topological polar surface area (TPSA) is 81.2 Å². The van der Waals surface area contributed by atoms with Crippen LogP contribution < -0.4 is 20.1 Å². The molecular formula is C19H19N5O2. The van der Waals surface area contributed by atoms with Gasteiger partial charge in [0.1, 0.15) is 13.2 Å². The van der Waals surface area contributed by atoms with Gasteiger partial charge >= 0.3 is 0 Å². The van der Waals surface area contributed by atoms with Gasteiger partial charge in [0.25, 0.3) is 0 Å². The third-order valence-corrected chi connectivity index (χ3v) is 3.85. The van der Waals surface area contributed by atoms with E-state index in [2.05, 4.69) is 45.7 Å². The van der Waals surface area contributed by atoms with E-state index in [1.54, 1.807) is 6.20 Å². The Morgan fingerprint density at radius 1 is 0.846 bits per heavy atom. The molecular weight excluding hydrogens is 330 g/mol. The Hall–Kier alpha value is -3.35. The van der Waals surface area contributed by atoms with E-state index in [1.165, 1.54) is 11.1 Å². The molecule has 0 fully saturated rings. The smallest absolute Gasteiger partial charge is 0.249 e. The summed E-state index contributed by atoms with van der Waals surface area (Å²) in [5.41, 5.74) is 4.12. The summed E-state index contributed by atoms with van der Waals surface area (Å²) in [5.74, 6) is 2.48. The van der Waals surface area contributed by atoms with Crippen LogP contribution in [-0.2, 0) is 0 Å². The van der Waals surface area contributed by atoms with Crippen LogP contribution >= 0.6 is 0 Å². The molecule has 0 unspecified atom stereocenters. The van der Waals surface area contributed by atoms with Crippen LogP contribution in [0.25, 0.3) is 0 Å². The molecule has 3 aromatic rings. The molecule has 0 amide bonds. The summed E-state index contributed by atoms with van der Waals surface area (Å²) in [6.45, 7) is 5.23. The number of fused-ring (bicyclic) bond motifs is 1. The van der Waals surface area contributed by atoms with E-state index >= 15 is 0 Å². The largest absolute Gasteiger partial charge is 0.486 e. The Balaban J connectivity index is 1.52. The van der Waals surface area contributed by atoms with E-state index in [0.717, 1.165) is 22.9 Å². The Kier molecular flexibility index (Phi) is 4.27. The number of nitrogens with zero attached hydrogens (tertiary/aromatic N) is 3. The van der Waals surface area contributed by atoms with Crippen molar-refractivity contribution in [1.82, 2.24) is 15.2 Å². The summed E-state index contributed by atoms with van der Waals surface area (Å²) >= 11 is 0. The average molecular weight is 349 g/mol. The van der Waals surface area contributed by atoms with Gasteiger partial charge in [-0.1, -0.05) is 6.07 Å². The van der Waals surface area contributed by atoms with Crippen molar-refractivity contribution in [2.75, 3.05) is 23.8 Å². The van der Waals surface area contributed by atoms with Crippen molar-refractivity contribution in [3.63, 3.8) is 0 Å². The highest BCUT2D eigenvalue weighted by atomic mass is 16.6. The normalized spacial score (nSPS) is 12.5. The summed E-state index contributed by atoms with van der Waals surface area (Å²) in [6, 6.07) is 11.9. The first-order chi connectivity index (χ1) is 12.7. The van der Waals surface area contributed by atoms with Crippen LogP contribution in [0.5, 0.6) is 11.5 Å². The molecule has 1 aliphatic heterocycles. The standard InChI is InChI=1S/C19H19N5O2/c1-12-7-13(2)9-15(8-12)22-19-23-18(11-20-24-19)21-14-3-4-16-17(10-14)26-6-5-25-16/h3-4,7-11H,5-6H2,1-2H3,(H2,21,22,23,24). The van der Waals surface area contributed by atoms with Gasteiger partial charge in [-0.2, -0.15) is 10.1 Å². The third kappa shape index (κ3) is 3.66. The first-order valence-corrected chi connectivity index (χ1v) is 8.37. The quantitative estimate of drug-likeness (QED) is 0.742. The zero-order chi connectivity index (χ0) is 17.9. The van der Waals surface area contributed by atoms with Crippen LogP contribution in [0.3, 0.4) is 0 Å². The second kappa shape index (κ2) is 6.87. The van der Waals surface area contributed by atoms with Crippen LogP contribution in [-0.4, -0.2) is 28.4 Å². The SMILES string of the molecule is Cc1cc(C)cc(Nc2nncc(Nc3ccc4c(c3)OCCO4)n2)c1. The highest BCUT2D eigenvalue weighted by Gasteiger charge is 2.12. The molecule has 1 aliphatic rings. The van der Waals surface area contributed by atoms with E-state index in [4.69, 9.17) is 9.47 Å². The molecule has 7 heteroatoms. The van der Waals surface area contributed by atoms with Crippen LogP contribution in [0, 0.1) is 13.8 Å². The van der Waals surface area contributed by atoms with Crippen LogP contribution in [0.15, 0.2) is 42.6 Å². The molecule has 4 rings (SSSR count). The fourth-order valence-corrected chi connectivity index (χ4v) is 2.86. The summed E-state index contributed by atoms with van der Waals surface area (Å²) in [4.78, 5) is 4.47. The van der Waals surface area contributed by atoms with Crippen molar-refractivity contribution in [2.45, 2.75) is 13.8 Å². The average Bonchev–Trinajstić information content (AvgIpc) is 2.61. The van der Waals surface area contributed by atoms with Crippen LogP contribution in [0.4, 0.5) is 23.1 Å². The molecule has 7 nitrogen and oxygen atoms in total. The summed E-state index contributed by atoms with van der Waals surface area (Å²) in [6.07, 6.45) is 1.57. The monoisotopic (exact) mass is 349 g/mol. The van der Waals surface area contributed by atoms with Crippen molar-refractivity contribution in [2.24, 2.45) is 0 Å². The first-order valence-electron chi connectivity index (χ1n) is 8.37. The van der Waals surface area contributed by atoms with Crippen molar-refractivity contribution in [3.8, 4) is 11.5 Å². The maximum atomic E-state index is 5.60. The lowest BCUT2D eigenvalue weighted by atomic mass is 10.1.